The molecule has 16 heavy (non-hydrogen) atoms. The van der Waals surface area contributed by atoms with Crippen LogP contribution in [-0.4, -0.2) is 17.0 Å². The summed E-state index contributed by atoms with van der Waals surface area (Å²) in [5.41, 5.74) is 9.82. The molecule has 0 spiro atoms. The quantitative estimate of drug-likeness (QED) is 0.373. The highest BCUT2D eigenvalue weighted by Crippen LogP contribution is 2.11. The van der Waals surface area contributed by atoms with Crippen molar-refractivity contribution in [3.63, 3.8) is 0 Å². The van der Waals surface area contributed by atoms with Gasteiger partial charge < -0.3 is 16.6 Å². The highest BCUT2D eigenvalue weighted by atomic mass is 79.9. The maximum Gasteiger partial charge on any atom is 0.328 e. The zero-order valence-corrected chi connectivity index (χ0v) is 9.94. The zero-order chi connectivity index (χ0) is 12.6. The molecule has 0 saturated carbocycles. The largest absolute Gasteiger partial charge is 0.478 e. The number of aliphatic carboxylic acids is 1. The fourth-order valence-electron chi connectivity index (χ4n) is 0.741. The normalized spacial score (nSPS) is 9.31. The Kier molecular flexibility index (Phi) is 6.62. The molecule has 6 heteroatoms. The highest BCUT2D eigenvalue weighted by molar-refractivity contribution is 9.10. The minimum absolute atomic E-state index is 0.333. The van der Waals surface area contributed by atoms with Crippen LogP contribution in [0.5, 0.6) is 0 Å². The van der Waals surface area contributed by atoms with E-state index in [-0.39, 0.29) is 5.96 Å². The summed E-state index contributed by atoms with van der Waals surface area (Å²) >= 11 is 3.29. The van der Waals surface area contributed by atoms with Crippen molar-refractivity contribution in [2.24, 2.45) is 11.5 Å². The van der Waals surface area contributed by atoms with Crippen molar-refractivity contribution in [2.45, 2.75) is 0 Å². The van der Waals surface area contributed by atoms with E-state index >= 15 is 0 Å². The minimum Gasteiger partial charge on any atom is -0.478 e. The molecule has 5 nitrogen and oxygen atoms in total. The molecule has 0 aliphatic heterocycles. The summed E-state index contributed by atoms with van der Waals surface area (Å²) in [6.45, 7) is 0. The first-order valence-electron chi connectivity index (χ1n) is 4.18. The Morgan fingerprint density at radius 1 is 1.31 bits per heavy atom. The van der Waals surface area contributed by atoms with Gasteiger partial charge in [0, 0.05) is 10.5 Å². The van der Waals surface area contributed by atoms with Gasteiger partial charge in [-0.1, -0.05) is 28.1 Å². The molecule has 0 bridgehead atoms. The van der Waals surface area contributed by atoms with Gasteiger partial charge in [-0.05, 0) is 23.8 Å². The fraction of sp³-hybridized carbons (Fsp3) is 0. The molecule has 0 aliphatic rings. The molecule has 1 rings (SSSR count). The van der Waals surface area contributed by atoms with E-state index in [0.29, 0.717) is 0 Å². The maximum atomic E-state index is 10.1. The van der Waals surface area contributed by atoms with Crippen molar-refractivity contribution in [3.05, 3.63) is 40.4 Å². The standard InChI is InChI=1S/C9H7BrO2.CH5N3/c10-8-4-1-7(2-5-8)3-6-9(11)12;2-1(3)4/h1-6H,(H,11,12);(H5,2,3,4). The van der Waals surface area contributed by atoms with Crippen LogP contribution in [0, 0.1) is 5.41 Å². The molecule has 0 heterocycles. The third-order valence-electron chi connectivity index (χ3n) is 1.29. The summed E-state index contributed by atoms with van der Waals surface area (Å²) in [6.07, 6.45) is 2.66. The minimum atomic E-state index is -0.932. The first-order valence-corrected chi connectivity index (χ1v) is 4.97. The first kappa shape index (κ1) is 14.2. The lowest BCUT2D eigenvalue weighted by Crippen LogP contribution is -2.20. The third-order valence-corrected chi connectivity index (χ3v) is 1.82. The average molecular weight is 286 g/mol. The molecular weight excluding hydrogens is 274 g/mol. The number of nitrogens with two attached hydrogens (primary N) is 2. The zero-order valence-electron chi connectivity index (χ0n) is 8.35. The van der Waals surface area contributed by atoms with Crippen molar-refractivity contribution < 1.29 is 9.90 Å². The molecular formula is C10H12BrN3O2. The van der Waals surface area contributed by atoms with E-state index in [1.807, 2.05) is 24.3 Å². The molecule has 86 valence electrons. The van der Waals surface area contributed by atoms with Gasteiger partial charge in [-0.3, -0.25) is 5.41 Å². The van der Waals surface area contributed by atoms with Crippen LogP contribution in [0.15, 0.2) is 34.8 Å². The lowest BCUT2D eigenvalue weighted by Gasteiger charge is -1.91. The Bertz CT molecular complexity index is 384. The summed E-state index contributed by atoms with van der Waals surface area (Å²) in [6, 6.07) is 7.40. The second-order valence-corrected chi connectivity index (χ2v) is 3.59. The monoisotopic (exact) mass is 285 g/mol. The number of carboxylic acid groups (broad SMARTS) is 1. The number of nitrogens with one attached hydrogen (secondary N) is 1. The van der Waals surface area contributed by atoms with Gasteiger partial charge in [0.1, 0.15) is 0 Å². The summed E-state index contributed by atoms with van der Waals surface area (Å²) in [7, 11) is 0. The van der Waals surface area contributed by atoms with Crippen molar-refractivity contribution in [1.29, 1.82) is 5.41 Å². The van der Waals surface area contributed by atoms with Gasteiger partial charge in [-0.15, -0.1) is 0 Å². The Morgan fingerprint density at radius 2 is 1.75 bits per heavy atom. The Balaban J connectivity index is 0.000000487. The number of benzene rings is 1. The van der Waals surface area contributed by atoms with Gasteiger partial charge in [0.25, 0.3) is 0 Å². The molecule has 0 amide bonds. The second-order valence-electron chi connectivity index (χ2n) is 2.68. The van der Waals surface area contributed by atoms with Gasteiger partial charge in [-0.2, -0.15) is 0 Å². The van der Waals surface area contributed by atoms with Crippen molar-refractivity contribution in [3.8, 4) is 0 Å². The van der Waals surface area contributed by atoms with E-state index in [2.05, 4.69) is 27.4 Å². The SMILES string of the molecule is N=C(N)N.O=C(O)C=Cc1ccc(Br)cc1. The maximum absolute atomic E-state index is 10.1. The number of guanidine groups is 1. The van der Waals surface area contributed by atoms with E-state index in [4.69, 9.17) is 10.5 Å². The highest BCUT2D eigenvalue weighted by Gasteiger charge is 1.89. The lowest BCUT2D eigenvalue weighted by molar-refractivity contribution is -0.131. The summed E-state index contributed by atoms with van der Waals surface area (Å²) < 4.78 is 0.981. The molecule has 1 aromatic rings. The van der Waals surface area contributed by atoms with Gasteiger partial charge in [0.2, 0.25) is 0 Å². The van der Waals surface area contributed by atoms with Crippen LogP contribution in [-0.2, 0) is 4.79 Å². The van der Waals surface area contributed by atoms with Gasteiger partial charge >= 0.3 is 5.97 Å². The van der Waals surface area contributed by atoms with E-state index in [9.17, 15) is 4.79 Å². The topological polar surface area (TPSA) is 113 Å². The molecule has 6 N–H and O–H groups in total. The average Bonchev–Trinajstić information content (AvgIpc) is 2.16. The fourth-order valence-corrected chi connectivity index (χ4v) is 1.01. The number of hydrogen-bond acceptors (Lipinski definition) is 2. The Labute approximate surface area is 101 Å². The number of halogens is 1. The summed E-state index contributed by atoms with van der Waals surface area (Å²) in [5, 5.41) is 14.4. The predicted octanol–water partition coefficient (Wildman–Crippen LogP) is 1.39. The van der Waals surface area contributed by atoms with Crippen LogP contribution in [0.4, 0.5) is 0 Å². The smallest absolute Gasteiger partial charge is 0.328 e. The van der Waals surface area contributed by atoms with Crippen LogP contribution in [0.25, 0.3) is 6.08 Å². The Morgan fingerprint density at radius 3 is 2.12 bits per heavy atom. The third kappa shape index (κ3) is 8.76. The van der Waals surface area contributed by atoms with Crippen LogP contribution in [0.3, 0.4) is 0 Å². The lowest BCUT2D eigenvalue weighted by atomic mass is 10.2. The molecule has 0 radical (unpaired) electrons. The summed E-state index contributed by atoms with van der Waals surface area (Å²) in [5.74, 6) is -1.27. The molecule has 0 aliphatic carbocycles. The van der Waals surface area contributed by atoms with Crippen LogP contribution >= 0.6 is 15.9 Å². The van der Waals surface area contributed by atoms with Crippen LogP contribution < -0.4 is 11.5 Å². The second kappa shape index (κ2) is 7.47. The van der Waals surface area contributed by atoms with Gasteiger partial charge in [-0.25, -0.2) is 4.79 Å². The number of carbonyl (C=O) groups is 1. The Hall–Kier alpha value is -1.82. The van der Waals surface area contributed by atoms with Gasteiger partial charge in [0.15, 0.2) is 5.96 Å². The number of rotatable bonds is 2. The molecule has 0 fully saturated rings. The molecule has 0 atom stereocenters. The number of hydrogen-bond donors (Lipinski definition) is 4. The van der Waals surface area contributed by atoms with Crippen LogP contribution in [0.1, 0.15) is 5.56 Å². The van der Waals surface area contributed by atoms with E-state index < -0.39 is 5.97 Å². The number of carboxylic acids is 1. The molecule has 0 aromatic heterocycles. The van der Waals surface area contributed by atoms with Crippen molar-refractivity contribution >= 4 is 33.9 Å². The first-order chi connectivity index (χ1) is 7.41. The molecule has 0 unspecified atom stereocenters. The van der Waals surface area contributed by atoms with Crippen molar-refractivity contribution in [2.75, 3.05) is 0 Å². The summed E-state index contributed by atoms with van der Waals surface area (Å²) in [4.78, 5) is 10.1. The predicted molar refractivity (Wildman–Crippen MR) is 66.9 cm³/mol. The molecule has 1 aromatic carbocycles. The van der Waals surface area contributed by atoms with Gasteiger partial charge in [0.05, 0.1) is 0 Å². The van der Waals surface area contributed by atoms with Crippen LogP contribution in [0.2, 0.25) is 0 Å². The van der Waals surface area contributed by atoms with E-state index in [1.54, 1.807) is 6.08 Å². The van der Waals surface area contributed by atoms with Crippen molar-refractivity contribution in [1.82, 2.24) is 0 Å². The molecule has 0 saturated heterocycles. The van der Waals surface area contributed by atoms with E-state index in [0.717, 1.165) is 16.1 Å². The van der Waals surface area contributed by atoms with E-state index in [1.165, 1.54) is 0 Å².